The van der Waals surface area contributed by atoms with Crippen LogP contribution in [-0.2, 0) is 14.9 Å². The first kappa shape index (κ1) is 18.9. The van der Waals surface area contributed by atoms with Gasteiger partial charge in [-0.25, -0.2) is 8.42 Å². The van der Waals surface area contributed by atoms with Crippen LogP contribution in [0.2, 0.25) is 0 Å². The van der Waals surface area contributed by atoms with Gasteiger partial charge in [0.25, 0.3) is 0 Å². The zero-order chi connectivity index (χ0) is 16.2. The minimum atomic E-state index is -4.45. The van der Waals surface area contributed by atoms with Crippen LogP contribution in [-0.4, -0.2) is 24.5 Å². The Balaban J connectivity index is 0.00000192. The fraction of sp³-hybridized carbons (Fsp3) is 0.471. The normalized spacial score (nSPS) is 30.5. The van der Waals surface area contributed by atoms with Crippen LogP contribution >= 0.6 is 0 Å². The van der Waals surface area contributed by atoms with E-state index < -0.39 is 26.7 Å². The fourth-order valence-electron chi connectivity index (χ4n) is 4.31. The molecule has 2 fully saturated rings. The van der Waals surface area contributed by atoms with Gasteiger partial charge in [-0.1, -0.05) is 44.2 Å². The van der Waals surface area contributed by atoms with Crippen LogP contribution in [0, 0.1) is 16.7 Å². The minimum Gasteiger partial charge on any atom is -0.748 e. The van der Waals surface area contributed by atoms with E-state index in [9.17, 15) is 17.8 Å². The van der Waals surface area contributed by atoms with Gasteiger partial charge in [-0.3, -0.25) is 4.79 Å². The van der Waals surface area contributed by atoms with Crippen LogP contribution in [0.25, 0.3) is 6.08 Å². The van der Waals surface area contributed by atoms with Crippen molar-refractivity contribution in [2.75, 3.05) is 5.75 Å². The number of rotatable bonds is 3. The molecule has 0 aromatic heterocycles. The van der Waals surface area contributed by atoms with Gasteiger partial charge in [-0.15, -0.1) is 0 Å². The molecule has 2 atom stereocenters. The van der Waals surface area contributed by atoms with Gasteiger partial charge in [0.2, 0.25) is 0 Å². The summed E-state index contributed by atoms with van der Waals surface area (Å²) in [5.41, 5.74) is 0.0431. The van der Waals surface area contributed by atoms with E-state index in [-0.39, 0.29) is 41.3 Å². The molecule has 1 aromatic rings. The van der Waals surface area contributed by atoms with Crippen LogP contribution in [0.4, 0.5) is 0 Å². The standard InChI is InChI=1S/C17H20O4S.Na/c1-16(2)14-8-9-17(16,11-22(19,20)21)15(18)13(14)10-12-6-4-3-5-7-12;/h3-7,10,14H,8-9,11H2,1-2H3,(H,19,20,21);/q;+1/p-1. The van der Waals surface area contributed by atoms with Gasteiger partial charge in [0, 0.05) is 5.57 Å². The molecule has 2 aliphatic rings. The van der Waals surface area contributed by atoms with Crippen molar-refractivity contribution in [2.24, 2.45) is 16.7 Å². The molecule has 0 saturated heterocycles. The number of allylic oxidation sites excluding steroid dienone is 1. The van der Waals surface area contributed by atoms with E-state index in [1.54, 1.807) is 0 Å². The zero-order valence-electron chi connectivity index (χ0n) is 13.7. The number of hydrogen-bond acceptors (Lipinski definition) is 4. The molecule has 1 aromatic carbocycles. The predicted octanol–water partition coefficient (Wildman–Crippen LogP) is -0.375. The number of benzene rings is 1. The quantitative estimate of drug-likeness (QED) is 0.427. The Morgan fingerprint density at radius 1 is 1.26 bits per heavy atom. The molecule has 23 heavy (non-hydrogen) atoms. The van der Waals surface area contributed by atoms with Gasteiger partial charge in [0.15, 0.2) is 5.78 Å². The Bertz CT molecular complexity index is 752. The average molecular weight is 342 g/mol. The molecule has 118 valence electrons. The molecule has 4 nitrogen and oxygen atoms in total. The summed E-state index contributed by atoms with van der Waals surface area (Å²) in [6.45, 7) is 3.83. The topological polar surface area (TPSA) is 74.3 Å². The van der Waals surface area contributed by atoms with Crippen LogP contribution < -0.4 is 29.6 Å². The second-order valence-electron chi connectivity index (χ2n) is 6.94. The third-order valence-electron chi connectivity index (χ3n) is 5.58. The van der Waals surface area contributed by atoms with E-state index in [1.165, 1.54) is 0 Å². The number of fused-ring (bicyclic) bond motifs is 2. The van der Waals surface area contributed by atoms with E-state index in [0.29, 0.717) is 12.0 Å². The van der Waals surface area contributed by atoms with Crippen molar-refractivity contribution in [3.05, 3.63) is 41.5 Å². The first-order valence-electron chi connectivity index (χ1n) is 7.42. The summed E-state index contributed by atoms with van der Waals surface area (Å²) >= 11 is 0. The summed E-state index contributed by atoms with van der Waals surface area (Å²) in [5, 5.41) is 0. The molecule has 6 heteroatoms. The molecular formula is C17H19NaO4S. The molecule has 2 unspecified atom stereocenters. The largest absolute Gasteiger partial charge is 1.00 e. The molecule has 0 N–H and O–H groups in total. The summed E-state index contributed by atoms with van der Waals surface area (Å²) in [4.78, 5) is 12.9. The van der Waals surface area contributed by atoms with Crippen molar-refractivity contribution in [3.8, 4) is 0 Å². The van der Waals surface area contributed by atoms with Gasteiger partial charge < -0.3 is 4.55 Å². The third kappa shape index (κ3) is 2.98. The summed E-state index contributed by atoms with van der Waals surface area (Å²) in [5.74, 6) is -0.729. The van der Waals surface area contributed by atoms with Crippen molar-refractivity contribution in [1.82, 2.24) is 0 Å². The Morgan fingerprint density at radius 3 is 2.43 bits per heavy atom. The number of ketones is 1. The van der Waals surface area contributed by atoms with Gasteiger partial charge in [0.05, 0.1) is 21.3 Å². The average Bonchev–Trinajstić information content (AvgIpc) is 2.73. The fourth-order valence-corrected chi connectivity index (χ4v) is 5.56. The maximum Gasteiger partial charge on any atom is 1.00 e. The van der Waals surface area contributed by atoms with Gasteiger partial charge in [-0.05, 0) is 35.8 Å². The van der Waals surface area contributed by atoms with Crippen LogP contribution in [0.3, 0.4) is 0 Å². The Morgan fingerprint density at radius 2 is 1.87 bits per heavy atom. The molecule has 0 heterocycles. The smallest absolute Gasteiger partial charge is 0.748 e. The van der Waals surface area contributed by atoms with Crippen LogP contribution in [0.15, 0.2) is 35.9 Å². The molecule has 0 spiro atoms. The number of carbonyl (C=O) groups is 1. The third-order valence-corrected chi connectivity index (χ3v) is 6.43. The van der Waals surface area contributed by atoms with Gasteiger partial charge in [0.1, 0.15) is 0 Å². The van der Waals surface area contributed by atoms with E-state index in [4.69, 9.17) is 0 Å². The monoisotopic (exact) mass is 342 g/mol. The summed E-state index contributed by atoms with van der Waals surface area (Å²) in [6.07, 6.45) is 3.09. The molecule has 0 radical (unpaired) electrons. The SMILES string of the molecule is CC1(C)C2CCC1(CS(=O)(=O)[O-])C(=O)C2=Cc1ccccc1.[Na+]. The van der Waals surface area contributed by atoms with E-state index >= 15 is 0 Å². The van der Waals surface area contributed by atoms with E-state index in [2.05, 4.69) is 0 Å². The summed E-state index contributed by atoms with van der Waals surface area (Å²) in [6, 6.07) is 9.52. The maximum absolute atomic E-state index is 12.9. The van der Waals surface area contributed by atoms with Gasteiger partial charge >= 0.3 is 29.6 Å². The van der Waals surface area contributed by atoms with Crippen LogP contribution in [0.5, 0.6) is 0 Å². The van der Waals surface area contributed by atoms with E-state index in [0.717, 1.165) is 12.0 Å². The summed E-state index contributed by atoms with van der Waals surface area (Å²) < 4.78 is 34.0. The molecule has 2 bridgehead atoms. The second-order valence-corrected chi connectivity index (χ2v) is 8.34. The number of hydrogen-bond donors (Lipinski definition) is 0. The van der Waals surface area contributed by atoms with Gasteiger partial charge in [-0.2, -0.15) is 0 Å². The molecule has 2 aliphatic carbocycles. The van der Waals surface area contributed by atoms with Crippen molar-refractivity contribution in [3.63, 3.8) is 0 Å². The minimum absolute atomic E-state index is 0. The predicted molar refractivity (Wildman–Crippen MR) is 82.9 cm³/mol. The maximum atomic E-state index is 12.9. The number of carbonyl (C=O) groups excluding carboxylic acids is 1. The Hall–Kier alpha value is -0.460. The Labute approximate surface area is 159 Å². The zero-order valence-corrected chi connectivity index (χ0v) is 16.5. The molecule has 0 amide bonds. The Kier molecular flexibility index (Phi) is 5.02. The first-order chi connectivity index (χ1) is 10.2. The van der Waals surface area contributed by atoms with Crippen molar-refractivity contribution in [2.45, 2.75) is 26.7 Å². The summed E-state index contributed by atoms with van der Waals surface area (Å²) in [7, 11) is -4.45. The number of Topliss-reactive ketones (excluding diaryl/α,β-unsaturated/α-hetero) is 1. The molecule has 2 saturated carbocycles. The molecular weight excluding hydrogens is 323 g/mol. The molecule has 0 aliphatic heterocycles. The van der Waals surface area contributed by atoms with Crippen molar-refractivity contribution in [1.29, 1.82) is 0 Å². The van der Waals surface area contributed by atoms with Crippen molar-refractivity contribution >= 4 is 22.0 Å². The van der Waals surface area contributed by atoms with Crippen molar-refractivity contribution < 1.29 is 47.3 Å². The van der Waals surface area contributed by atoms with Crippen LogP contribution in [0.1, 0.15) is 32.3 Å². The second kappa shape index (κ2) is 6.12. The van der Waals surface area contributed by atoms with E-state index in [1.807, 2.05) is 50.3 Å². The first-order valence-corrected chi connectivity index (χ1v) is 9.00. The molecule has 3 rings (SSSR count).